The highest BCUT2D eigenvalue weighted by atomic mass is 15.1. The fourth-order valence-electron chi connectivity index (χ4n) is 5.06. The number of hydrogen-bond donors (Lipinski definition) is 0. The van der Waals surface area contributed by atoms with Gasteiger partial charge in [0.1, 0.15) is 12.4 Å². The predicted octanol–water partition coefficient (Wildman–Crippen LogP) is 9.74. The van der Waals surface area contributed by atoms with Gasteiger partial charge in [-0.25, -0.2) is 9.13 Å². The van der Waals surface area contributed by atoms with Crippen molar-refractivity contribution in [1.82, 2.24) is 4.57 Å². The Morgan fingerprint density at radius 1 is 0.594 bits per heavy atom. The minimum Gasteiger partial charge on any atom is -0.234 e. The minimum atomic E-state index is 0.608. The van der Waals surface area contributed by atoms with Crippen molar-refractivity contribution in [2.75, 3.05) is 0 Å². The van der Waals surface area contributed by atoms with Gasteiger partial charge in [-0.15, -0.1) is 0 Å². The first-order valence-corrected chi connectivity index (χ1v) is 14.8. The van der Waals surface area contributed by atoms with Crippen molar-refractivity contribution in [2.24, 2.45) is 0 Å². The van der Waals surface area contributed by atoms with Crippen LogP contribution in [0.15, 0.2) is 12.4 Å². The van der Waals surface area contributed by atoms with Crippen LogP contribution in [0.25, 0.3) is 0 Å². The number of rotatable bonds is 23. The summed E-state index contributed by atoms with van der Waals surface area (Å²) in [5.74, 6) is 2.14. The molecule has 2 heteroatoms. The Morgan fingerprint density at radius 2 is 1.00 bits per heavy atom. The van der Waals surface area contributed by atoms with Gasteiger partial charge in [-0.2, -0.15) is 0 Å². The van der Waals surface area contributed by atoms with Crippen LogP contribution >= 0.6 is 0 Å². The molecule has 1 aromatic rings. The standard InChI is InChI=1S/C30H59N2/c1-5-7-9-11-12-13-14-15-16-17-18-19-20-22-24-26-32-28-27-31(30(32)29(3)4)25-23-21-10-8-6-2/h27-29H,5-26H2,1-4H3/q+1. The molecule has 1 rings (SSSR count). The second kappa shape index (κ2) is 20.8. The molecular weight excluding hydrogens is 388 g/mol. The van der Waals surface area contributed by atoms with Crippen LogP contribution in [-0.2, 0) is 13.1 Å². The van der Waals surface area contributed by atoms with Crippen molar-refractivity contribution < 1.29 is 4.57 Å². The lowest BCUT2D eigenvalue weighted by atomic mass is 10.0. The normalized spacial score (nSPS) is 11.7. The van der Waals surface area contributed by atoms with E-state index >= 15 is 0 Å². The molecule has 0 aliphatic heterocycles. The Kier molecular flexibility index (Phi) is 19.0. The van der Waals surface area contributed by atoms with Crippen LogP contribution in [0.2, 0.25) is 0 Å². The monoisotopic (exact) mass is 447 g/mol. The highest BCUT2D eigenvalue weighted by Crippen LogP contribution is 2.15. The zero-order chi connectivity index (χ0) is 23.3. The van der Waals surface area contributed by atoms with Gasteiger partial charge in [0.25, 0.3) is 5.82 Å². The van der Waals surface area contributed by atoms with E-state index < -0.39 is 0 Å². The third kappa shape index (κ3) is 14.4. The number of imidazole rings is 1. The molecule has 0 bridgehead atoms. The van der Waals surface area contributed by atoms with Crippen molar-refractivity contribution in [3.8, 4) is 0 Å². The Hall–Kier alpha value is -0.790. The molecule has 0 radical (unpaired) electrons. The van der Waals surface area contributed by atoms with E-state index in [1.165, 1.54) is 147 Å². The average Bonchev–Trinajstić information content (AvgIpc) is 3.19. The summed E-state index contributed by atoms with van der Waals surface area (Å²) in [7, 11) is 0. The Bertz CT molecular complexity index is 517. The van der Waals surface area contributed by atoms with Crippen molar-refractivity contribution >= 4 is 0 Å². The molecule has 1 aromatic heterocycles. The number of unbranched alkanes of at least 4 members (excludes halogenated alkanes) is 18. The summed E-state index contributed by atoms with van der Waals surface area (Å²) in [6, 6.07) is 0. The smallest absolute Gasteiger partial charge is 0.234 e. The molecule has 2 nitrogen and oxygen atoms in total. The molecule has 0 aliphatic carbocycles. The fourth-order valence-corrected chi connectivity index (χ4v) is 5.06. The van der Waals surface area contributed by atoms with Gasteiger partial charge in [-0.3, -0.25) is 0 Å². The molecule has 1 heterocycles. The number of hydrogen-bond acceptors (Lipinski definition) is 0. The maximum absolute atomic E-state index is 2.54. The first-order valence-electron chi connectivity index (χ1n) is 14.8. The molecule has 0 N–H and O–H groups in total. The largest absolute Gasteiger partial charge is 0.258 e. The predicted molar refractivity (Wildman–Crippen MR) is 142 cm³/mol. The van der Waals surface area contributed by atoms with Crippen molar-refractivity contribution in [1.29, 1.82) is 0 Å². The van der Waals surface area contributed by atoms with Gasteiger partial charge in [0.15, 0.2) is 0 Å². The third-order valence-corrected chi connectivity index (χ3v) is 7.04. The Balaban J connectivity index is 2.04. The van der Waals surface area contributed by atoms with E-state index in [1.807, 2.05) is 0 Å². The van der Waals surface area contributed by atoms with Crippen LogP contribution in [0.4, 0.5) is 0 Å². The molecule has 0 amide bonds. The lowest BCUT2D eigenvalue weighted by Crippen LogP contribution is -2.38. The van der Waals surface area contributed by atoms with E-state index in [9.17, 15) is 0 Å². The van der Waals surface area contributed by atoms with E-state index in [0.29, 0.717) is 5.92 Å². The topological polar surface area (TPSA) is 8.81 Å². The summed E-state index contributed by atoms with van der Waals surface area (Å²) in [5.41, 5.74) is 0. The number of aryl methyl sites for hydroxylation is 2. The molecule has 0 saturated carbocycles. The van der Waals surface area contributed by atoms with Crippen molar-refractivity contribution in [3.63, 3.8) is 0 Å². The molecular formula is C30H59N2+. The molecule has 0 fully saturated rings. The summed E-state index contributed by atoms with van der Waals surface area (Å²) in [6.45, 7) is 11.7. The van der Waals surface area contributed by atoms with Crippen LogP contribution in [0.3, 0.4) is 0 Å². The van der Waals surface area contributed by atoms with Gasteiger partial charge in [-0.05, 0) is 25.7 Å². The van der Waals surface area contributed by atoms with Crippen LogP contribution in [0, 0.1) is 0 Å². The third-order valence-electron chi connectivity index (χ3n) is 7.04. The van der Waals surface area contributed by atoms with E-state index in [-0.39, 0.29) is 0 Å². The van der Waals surface area contributed by atoms with Crippen LogP contribution < -0.4 is 4.57 Å². The zero-order valence-electron chi connectivity index (χ0n) is 22.7. The highest BCUT2D eigenvalue weighted by Gasteiger charge is 2.19. The van der Waals surface area contributed by atoms with Gasteiger partial charge in [0.2, 0.25) is 0 Å². The van der Waals surface area contributed by atoms with Gasteiger partial charge >= 0.3 is 0 Å². The minimum absolute atomic E-state index is 0.608. The quantitative estimate of drug-likeness (QED) is 0.117. The highest BCUT2D eigenvalue weighted by molar-refractivity contribution is 4.89. The maximum Gasteiger partial charge on any atom is 0.258 e. The average molecular weight is 448 g/mol. The van der Waals surface area contributed by atoms with Crippen LogP contribution in [0.1, 0.15) is 168 Å². The van der Waals surface area contributed by atoms with E-state index in [2.05, 4.69) is 49.2 Å². The Labute approximate surface area is 202 Å². The van der Waals surface area contributed by atoms with Crippen molar-refractivity contribution in [2.45, 2.75) is 175 Å². The lowest BCUT2D eigenvalue weighted by Gasteiger charge is -2.08. The SMILES string of the molecule is CCCCCCCCCCCCCCCCC[n+]1ccn(CCCCCCC)c1C(C)C. The second-order valence-corrected chi connectivity index (χ2v) is 10.6. The van der Waals surface area contributed by atoms with Crippen LogP contribution in [0.5, 0.6) is 0 Å². The molecule has 188 valence electrons. The number of aromatic nitrogens is 2. The van der Waals surface area contributed by atoms with Crippen LogP contribution in [-0.4, -0.2) is 4.57 Å². The lowest BCUT2D eigenvalue weighted by molar-refractivity contribution is -0.705. The molecule has 0 saturated heterocycles. The first kappa shape index (κ1) is 29.2. The summed E-state index contributed by atoms with van der Waals surface area (Å²) in [6.07, 6.45) is 33.1. The second-order valence-electron chi connectivity index (χ2n) is 10.6. The summed E-state index contributed by atoms with van der Waals surface area (Å²) in [5, 5.41) is 0. The van der Waals surface area contributed by atoms with E-state index in [1.54, 1.807) is 0 Å². The van der Waals surface area contributed by atoms with Gasteiger partial charge in [0, 0.05) is 0 Å². The van der Waals surface area contributed by atoms with E-state index in [4.69, 9.17) is 0 Å². The van der Waals surface area contributed by atoms with Gasteiger partial charge in [0.05, 0.1) is 19.0 Å². The molecule has 32 heavy (non-hydrogen) atoms. The molecule has 0 aromatic carbocycles. The van der Waals surface area contributed by atoms with Gasteiger partial charge < -0.3 is 0 Å². The maximum atomic E-state index is 2.54. The summed E-state index contributed by atoms with van der Waals surface area (Å²) in [4.78, 5) is 0. The van der Waals surface area contributed by atoms with E-state index in [0.717, 1.165) is 0 Å². The van der Waals surface area contributed by atoms with Crippen molar-refractivity contribution in [3.05, 3.63) is 18.2 Å². The first-order chi connectivity index (χ1) is 15.7. The zero-order valence-corrected chi connectivity index (χ0v) is 22.7. The molecule has 0 spiro atoms. The Morgan fingerprint density at radius 3 is 1.44 bits per heavy atom. The van der Waals surface area contributed by atoms with Gasteiger partial charge in [-0.1, -0.05) is 130 Å². The molecule has 0 unspecified atom stereocenters. The summed E-state index contributed by atoms with van der Waals surface area (Å²) >= 11 is 0. The molecule has 0 aliphatic rings. The number of nitrogens with zero attached hydrogens (tertiary/aromatic N) is 2. The summed E-state index contributed by atoms with van der Waals surface area (Å²) < 4.78 is 5.07. The molecule has 0 atom stereocenters. The fraction of sp³-hybridized carbons (Fsp3) is 0.900.